The van der Waals surface area contributed by atoms with Gasteiger partial charge in [0, 0.05) is 11.1 Å². The van der Waals surface area contributed by atoms with Crippen LogP contribution in [0.4, 0.5) is 0 Å². The first-order valence-corrected chi connectivity index (χ1v) is 14.5. The number of nitrogens with zero attached hydrogens (tertiary/aromatic N) is 2. The van der Waals surface area contributed by atoms with Crippen LogP contribution in [-0.4, -0.2) is 25.4 Å². The van der Waals surface area contributed by atoms with Crippen LogP contribution in [0.2, 0.25) is 0 Å². The van der Waals surface area contributed by atoms with E-state index in [1.807, 2.05) is 53.1 Å². The Kier molecular flexibility index (Phi) is 7.21. The van der Waals surface area contributed by atoms with Gasteiger partial charge in [0.1, 0.15) is 12.4 Å². The molecule has 2 aliphatic rings. The van der Waals surface area contributed by atoms with Crippen molar-refractivity contribution in [2.24, 2.45) is 4.99 Å². The zero-order chi connectivity index (χ0) is 27.8. The molecule has 3 aromatic carbocycles. The molecule has 0 radical (unpaired) electrons. The molecule has 2 heterocycles. The summed E-state index contributed by atoms with van der Waals surface area (Å²) in [6.07, 6.45) is 5.28. The third kappa shape index (κ3) is 4.51. The van der Waals surface area contributed by atoms with Crippen LogP contribution in [0.1, 0.15) is 34.7 Å². The van der Waals surface area contributed by atoms with Gasteiger partial charge in [-0.05, 0) is 69.7 Å². The summed E-state index contributed by atoms with van der Waals surface area (Å²) in [5, 5.41) is 0. The van der Waals surface area contributed by atoms with E-state index in [2.05, 4.69) is 40.7 Å². The molecular formula is C32H27BrN2O4S. The third-order valence-corrected chi connectivity index (χ3v) is 8.81. The maximum Gasteiger partial charge on any atom is 0.271 e. The molecule has 0 spiro atoms. The Balaban J connectivity index is 1.58. The first-order valence-electron chi connectivity index (χ1n) is 12.9. The van der Waals surface area contributed by atoms with Crippen LogP contribution >= 0.6 is 27.3 Å². The Labute approximate surface area is 244 Å². The number of thiazole rings is 1. The average molecular weight is 616 g/mol. The zero-order valence-corrected chi connectivity index (χ0v) is 24.6. The molecule has 1 aliphatic heterocycles. The van der Waals surface area contributed by atoms with Crippen molar-refractivity contribution in [2.45, 2.75) is 18.9 Å². The third-order valence-electron chi connectivity index (χ3n) is 7.21. The lowest BCUT2D eigenvalue weighted by atomic mass is 9.83. The van der Waals surface area contributed by atoms with Crippen LogP contribution in [0.25, 0.3) is 11.8 Å². The molecule has 4 aromatic rings. The van der Waals surface area contributed by atoms with E-state index in [9.17, 15) is 4.79 Å². The summed E-state index contributed by atoms with van der Waals surface area (Å²) < 4.78 is 20.4. The summed E-state index contributed by atoms with van der Waals surface area (Å²) in [4.78, 5) is 19.9. The number of benzene rings is 3. The van der Waals surface area contributed by atoms with Gasteiger partial charge in [-0.25, -0.2) is 4.99 Å². The van der Waals surface area contributed by atoms with Gasteiger partial charge in [-0.3, -0.25) is 9.36 Å². The Morgan fingerprint density at radius 3 is 2.70 bits per heavy atom. The predicted octanol–water partition coefficient (Wildman–Crippen LogP) is 5.66. The van der Waals surface area contributed by atoms with Crippen molar-refractivity contribution in [3.63, 3.8) is 0 Å². The second kappa shape index (κ2) is 10.9. The molecule has 0 N–H and O–H groups in total. The maximum atomic E-state index is 14.1. The highest BCUT2D eigenvalue weighted by Crippen LogP contribution is 2.45. The van der Waals surface area contributed by atoms with Gasteiger partial charge in [0.2, 0.25) is 0 Å². The van der Waals surface area contributed by atoms with Gasteiger partial charge in [0.05, 0.1) is 35.0 Å². The highest BCUT2D eigenvalue weighted by molar-refractivity contribution is 9.10. The SMILES string of the molecule is C=CCOc1ccc(C=c2sc3n(c2=O)C(c2cccc(OC)c2OC)C2=C(N=3)c3ccccc3CC2)cc1Br. The largest absolute Gasteiger partial charge is 0.493 e. The van der Waals surface area contributed by atoms with Gasteiger partial charge >= 0.3 is 0 Å². The van der Waals surface area contributed by atoms with Crippen LogP contribution in [-0.2, 0) is 6.42 Å². The number of aromatic nitrogens is 1. The Hall–Kier alpha value is -3.88. The molecular weight excluding hydrogens is 588 g/mol. The molecule has 40 heavy (non-hydrogen) atoms. The minimum atomic E-state index is -0.367. The minimum absolute atomic E-state index is 0.0906. The number of halogens is 1. The smallest absolute Gasteiger partial charge is 0.271 e. The van der Waals surface area contributed by atoms with E-state index in [0.29, 0.717) is 27.4 Å². The number of hydrogen-bond donors (Lipinski definition) is 0. The molecule has 202 valence electrons. The topological polar surface area (TPSA) is 62.0 Å². The number of para-hydroxylation sites is 1. The lowest BCUT2D eigenvalue weighted by Gasteiger charge is -2.31. The van der Waals surface area contributed by atoms with E-state index in [4.69, 9.17) is 19.2 Å². The van der Waals surface area contributed by atoms with Crippen LogP contribution in [0, 0.1) is 0 Å². The first kappa shape index (κ1) is 26.3. The fourth-order valence-corrected chi connectivity index (χ4v) is 6.96. The van der Waals surface area contributed by atoms with E-state index in [-0.39, 0.29) is 11.6 Å². The van der Waals surface area contributed by atoms with Gasteiger partial charge in [-0.15, -0.1) is 0 Å². The lowest BCUT2D eigenvalue weighted by molar-refractivity contribution is 0.348. The first-order chi connectivity index (χ1) is 19.5. The van der Waals surface area contributed by atoms with Crippen LogP contribution in [0.3, 0.4) is 0 Å². The highest BCUT2D eigenvalue weighted by Gasteiger charge is 2.34. The molecule has 0 saturated carbocycles. The summed E-state index contributed by atoms with van der Waals surface area (Å²) in [7, 11) is 3.26. The van der Waals surface area contributed by atoms with Gasteiger partial charge in [-0.2, -0.15) is 0 Å². The van der Waals surface area contributed by atoms with Crippen LogP contribution in [0.15, 0.2) is 93.2 Å². The van der Waals surface area contributed by atoms with E-state index in [1.165, 1.54) is 16.9 Å². The molecule has 0 bridgehead atoms. The quantitative estimate of drug-likeness (QED) is 0.252. The molecule has 8 heteroatoms. The molecule has 6 nitrogen and oxygen atoms in total. The summed E-state index contributed by atoms with van der Waals surface area (Å²) >= 11 is 4.98. The van der Waals surface area contributed by atoms with Gasteiger partial charge in [0.15, 0.2) is 16.3 Å². The summed E-state index contributed by atoms with van der Waals surface area (Å²) in [6.45, 7) is 4.11. The standard InChI is InChI=1S/C32H27BrN2O4S/c1-4-16-39-25-15-12-19(17-24(25)33)18-27-31(36)35-29(23-10-7-11-26(37-2)30(23)38-3)22-14-13-20-8-5-6-9-21(20)28(22)34-32(35)40-27/h4-12,15,17-18,29H,1,13-14,16H2,2-3H3. The van der Waals surface area contributed by atoms with Crippen molar-refractivity contribution in [2.75, 3.05) is 20.8 Å². The molecule has 1 aromatic heterocycles. The van der Waals surface area contributed by atoms with E-state index >= 15 is 0 Å². The van der Waals surface area contributed by atoms with Crippen LogP contribution < -0.4 is 29.1 Å². The van der Waals surface area contributed by atoms with Crippen molar-refractivity contribution in [3.8, 4) is 17.2 Å². The Bertz CT molecular complexity index is 1850. The average Bonchev–Trinajstić information content (AvgIpc) is 3.29. The number of ether oxygens (including phenoxy) is 3. The van der Waals surface area contributed by atoms with E-state index < -0.39 is 0 Å². The second-order valence-electron chi connectivity index (χ2n) is 9.49. The van der Waals surface area contributed by atoms with E-state index in [0.717, 1.165) is 51.0 Å². The van der Waals surface area contributed by atoms with Gasteiger partial charge in [0.25, 0.3) is 5.56 Å². The minimum Gasteiger partial charge on any atom is -0.493 e. The van der Waals surface area contributed by atoms with Crippen molar-refractivity contribution < 1.29 is 14.2 Å². The van der Waals surface area contributed by atoms with Crippen molar-refractivity contribution >= 4 is 39.0 Å². The number of allylic oxidation sites excluding steroid dienone is 1. The van der Waals surface area contributed by atoms with Gasteiger partial charge in [-0.1, -0.05) is 66.5 Å². The number of fused-ring (bicyclic) bond motifs is 3. The number of hydrogen-bond acceptors (Lipinski definition) is 6. The van der Waals surface area contributed by atoms with E-state index in [1.54, 1.807) is 20.3 Å². The molecule has 6 rings (SSSR count). The molecule has 1 aliphatic carbocycles. The number of rotatable bonds is 7. The Morgan fingerprint density at radius 1 is 1.07 bits per heavy atom. The molecule has 1 atom stereocenters. The number of aryl methyl sites for hydroxylation is 1. The van der Waals surface area contributed by atoms with Crippen molar-refractivity contribution in [1.82, 2.24) is 4.57 Å². The molecule has 0 amide bonds. The molecule has 0 saturated heterocycles. The zero-order valence-electron chi connectivity index (χ0n) is 22.1. The van der Waals surface area contributed by atoms with Crippen molar-refractivity contribution in [1.29, 1.82) is 0 Å². The molecule has 0 fully saturated rings. The second-order valence-corrected chi connectivity index (χ2v) is 11.3. The van der Waals surface area contributed by atoms with Crippen LogP contribution in [0.5, 0.6) is 17.2 Å². The fraction of sp³-hybridized carbons (Fsp3) is 0.188. The molecule has 1 unspecified atom stereocenters. The number of methoxy groups -OCH3 is 2. The maximum absolute atomic E-state index is 14.1. The van der Waals surface area contributed by atoms with Gasteiger partial charge < -0.3 is 14.2 Å². The highest BCUT2D eigenvalue weighted by atomic mass is 79.9. The van der Waals surface area contributed by atoms with Crippen molar-refractivity contribution in [3.05, 3.63) is 125 Å². The lowest BCUT2D eigenvalue weighted by Crippen LogP contribution is -2.39. The summed E-state index contributed by atoms with van der Waals surface area (Å²) in [5.41, 5.74) is 6.10. The Morgan fingerprint density at radius 2 is 1.93 bits per heavy atom. The summed E-state index contributed by atoms with van der Waals surface area (Å²) in [6, 6.07) is 19.6. The summed E-state index contributed by atoms with van der Waals surface area (Å²) in [5.74, 6) is 1.97. The normalized spacial score (nSPS) is 16.0. The predicted molar refractivity (Wildman–Crippen MR) is 162 cm³/mol. The fourth-order valence-electron chi connectivity index (χ4n) is 5.45. The monoisotopic (exact) mass is 614 g/mol.